The summed E-state index contributed by atoms with van der Waals surface area (Å²) in [6, 6.07) is 0. The maximum absolute atomic E-state index is 9.90. The van der Waals surface area contributed by atoms with E-state index < -0.39 is 6.10 Å². The molecule has 6 atom stereocenters. The predicted molar refractivity (Wildman–Crippen MR) is 69.2 cm³/mol. The van der Waals surface area contributed by atoms with Crippen molar-refractivity contribution >= 4 is 0 Å². The summed E-state index contributed by atoms with van der Waals surface area (Å²) in [6.07, 6.45) is 9.67. The molecule has 2 N–H and O–H groups in total. The van der Waals surface area contributed by atoms with E-state index in [0.717, 1.165) is 18.3 Å². The number of aliphatic hydroxyl groups excluding tert-OH is 2. The van der Waals surface area contributed by atoms with Gasteiger partial charge in [0.2, 0.25) is 0 Å². The number of hydrogen-bond acceptors (Lipinski definition) is 3. The van der Waals surface area contributed by atoms with Crippen LogP contribution in [0.25, 0.3) is 0 Å². The standard InChI is InChI=1S/C15H26O3/c16-9-15-13(17)8-14(18-15)12-7-3-5-10-4-1-2-6-11(10)12/h10-17H,1-9H2/t10?,11?,12?,13-,14?,15+/m0/s1. The van der Waals surface area contributed by atoms with Crippen LogP contribution in [-0.4, -0.2) is 35.1 Å². The molecule has 104 valence electrons. The normalized spacial score (nSPS) is 49.0. The lowest BCUT2D eigenvalue weighted by Crippen LogP contribution is -2.38. The lowest BCUT2D eigenvalue weighted by Gasteiger charge is -2.43. The van der Waals surface area contributed by atoms with Gasteiger partial charge in [-0.25, -0.2) is 0 Å². The third-order valence-electron chi connectivity index (χ3n) is 5.54. The molecule has 1 heterocycles. The molecule has 1 aliphatic heterocycles. The Hall–Kier alpha value is -0.120. The van der Waals surface area contributed by atoms with Crippen molar-refractivity contribution in [2.75, 3.05) is 6.61 Å². The average molecular weight is 254 g/mol. The van der Waals surface area contributed by atoms with Gasteiger partial charge in [-0.05, 0) is 30.6 Å². The zero-order valence-electron chi connectivity index (χ0n) is 11.1. The van der Waals surface area contributed by atoms with Crippen molar-refractivity contribution in [1.29, 1.82) is 0 Å². The molecule has 4 unspecified atom stereocenters. The van der Waals surface area contributed by atoms with Crippen LogP contribution in [0.15, 0.2) is 0 Å². The number of rotatable bonds is 2. The van der Waals surface area contributed by atoms with E-state index in [9.17, 15) is 10.2 Å². The quantitative estimate of drug-likeness (QED) is 0.793. The molecule has 0 aromatic heterocycles. The summed E-state index contributed by atoms with van der Waals surface area (Å²) in [4.78, 5) is 0. The summed E-state index contributed by atoms with van der Waals surface area (Å²) in [5.41, 5.74) is 0. The van der Waals surface area contributed by atoms with Gasteiger partial charge in [0.25, 0.3) is 0 Å². The Morgan fingerprint density at radius 2 is 1.67 bits per heavy atom. The number of aliphatic hydroxyl groups is 2. The van der Waals surface area contributed by atoms with Crippen molar-refractivity contribution in [1.82, 2.24) is 0 Å². The molecule has 3 aliphatic rings. The summed E-state index contributed by atoms with van der Waals surface area (Å²) in [5.74, 6) is 2.36. The molecule has 0 radical (unpaired) electrons. The fourth-order valence-corrected chi connectivity index (χ4v) is 4.65. The van der Waals surface area contributed by atoms with Crippen molar-refractivity contribution in [3.05, 3.63) is 0 Å². The van der Waals surface area contributed by atoms with E-state index in [1.165, 1.54) is 44.9 Å². The Kier molecular flexibility index (Phi) is 3.92. The molecular weight excluding hydrogens is 228 g/mol. The smallest absolute Gasteiger partial charge is 0.107 e. The second kappa shape index (κ2) is 5.48. The Labute approximate surface area is 110 Å². The van der Waals surface area contributed by atoms with Crippen LogP contribution in [0, 0.1) is 17.8 Å². The van der Waals surface area contributed by atoms with Gasteiger partial charge >= 0.3 is 0 Å². The first-order valence-electron chi connectivity index (χ1n) is 7.74. The van der Waals surface area contributed by atoms with E-state index in [1.807, 2.05) is 0 Å². The number of ether oxygens (including phenoxy) is 1. The van der Waals surface area contributed by atoms with E-state index in [1.54, 1.807) is 0 Å². The minimum absolute atomic E-state index is 0.0432. The summed E-state index contributed by atoms with van der Waals surface area (Å²) in [5, 5.41) is 19.1. The predicted octanol–water partition coefficient (Wildman–Crippen LogP) is 2.10. The van der Waals surface area contributed by atoms with Crippen LogP contribution in [0.4, 0.5) is 0 Å². The van der Waals surface area contributed by atoms with E-state index in [2.05, 4.69) is 0 Å². The Bertz CT molecular complexity index is 279. The molecule has 0 aromatic rings. The maximum Gasteiger partial charge on any atom is 0.107 e. The SMILES string of the molecule is OC[C@H]1OC(C2CCCC3CCCCC32)C[C@@H]1O. The van der Waals surface area contributed by atoms with Crippen LogP contribution in [0.1, 0.15) is 51.4 Å². The van der Waals surface area contributed by atoms with E-state index in [0.29, 0.717) is 5.92 Å². The Balaban J connectivity index is 1.67. The van der Waals surface area contributed by atoms with Gasteiger partial charge in [-0.2, -0.15) is 0 Å². The molecule has 3 heteroatoms. The van der Waals surface area contributed by atoms with Gasteiger partial charge in [0.15, 0.2) is 0 Å². The highest BCUT2D eigenvalue weighted by Crippen LogP contribution is 2.47. The first-order chi connectivity index (χ1) is 8.79. The molecule has 0 spiro atoms. The van der Waals surface area contributed by atoms with Crippen molar-refractivity contribution in [3.63, 3.8) is 0 Å². The van der Waals surface area contributed by atoms with Gasteiger partial charge in [-0.15, -0.1) is 0 Å². The van der Waals surface area contributed by atoms with Gasteiger partial charge in [-0.1, -0.05) is 32.1 Å². The third kappa shape index (κ3) is 2.33. The van der Waals surface area contributed by atoms with Crippen molar-refractivity contribution in [2.45, 2.75) is 69.7 Å². The summed E-state index contributed by atoms with van der Waals surface area (Å²) >= 11 is 0. The fraction of sp³-hybridized carbons (Fsp3) is 1.00. The molecule has 3 fully saturated rings. The van der Waals surface area contributed by atoms with E-state index >= 15 is 0 Å². The molecular formula is C15H26O3. The number of hydrogen-bond donors (Lipinski definition) is 2. The van der Waals surface area contributed by atoms with Crippen molar-refractivity contribution < 1.29 is 14.9 Å². The highest BCUT2D eigenvalue weighted by atomic mass is 16.5. The molecule has 18 heavy (non-hydrogen) atoms. The molecule has 3 nitrogen and oxygen atoms in total. The van der Waals surface area contributed by atoms with Gasteiger partial charge in [0, 0.05) is 6.42 Å². The zero-order chi connectivity index (χ0) is 12.5. The summed E-state index contributed by atoms with van der Waals surface area (Å²) in [6.45, 7) is -0.0432. The molecule has 1 saturated heterocycles. The first-order valence-corrected chi connectivity index (χ1v) is 7.74. The lowest BCUT2D eigenvalue weighted by atomic mass is 9.64. The van der Waals surface area contributed by atoms with Crippen molar-refractivity contribution in [3.8, 4) is 0 Å². The highest BCUT2D eigenvalue weighted by molar-refractivity contribution is 4.93. The topological polar surface area (TPSA) is 49.7 Å². The molecule has 0 bridgehead atoms. The fourth-order valence-electron chi connectivity index (χ4n) is 4.65. The van der Waals surface area contributed by atoms with Gasteiger partial charge in [0.1, 0.15) is 6.10 Å². The monoisotopic (exact) mass is 254 g/mol. The van der Waals surface area contributed by atoms with Crippen LogP contribution in [-0.2, 0) is 4.74 Å². The van der Waals surface area contributed by atoms with E-state index in [4.69, 9.17) is 4.74 Å². The van der Waals surface area contributed by atoms with E-state index in [-0.39, 0.29) is 18.8 Å². The maximum atomic E-state index is 9.90. The van der Waals surface area contributed by atoms with Crippen LogP contribution in [0.3, 0.4) is 0 Å². The van der Waals surface area contributed by atoms with Gasteiger partial charge in [-0.3, -0.25) is 0 Å². The van der Waals surface area contributed by atoms with Crippen LogP contribution >= 0.6 is 0 Å². The minimum atomic E-state index is -0.455. The molecule has 2 aliphatic carbocycles. The zero-order valence-corrected chi connectivity index (χ0v) is 11.1. The summed E-state index contributed by atoms with van der Waals surface area (Å²) < 4.78 is 5.91. The molecule has 0 aromatic carbocycles. The van der Waals surface area contributed by atoms with Crippen LogP contribution < -0.4 is 0 Å². The molecule has 0 amide bonds. The largest absolute Gasteiger partial charge is 0.394 e. The van der Waals surface area contributed by atoms with Gasteiger partial charge in [0.05, 0.1) is 18.8 Å². The second-order valence-corrected chi connectivity index (χ2v) is 6.50. The Morgan fingerprint density at radius 1 is 0.944 bits per heavy atom. The lowest BCUT2D eigenvalue weighted by molar-refractivity contribution is -0.0652. The Morgan fingerprint density at radius 3 is 2.44 bits per heavy atom. The van der Waals surface area contributed by atoms with Crippen LogP contribution in [0.5, 0.6) is 0 Å². The highest BCUT2D eigenvalue weighted by Gasteiger charge is 2.44. The summed E-state index contributed by atoms with van der Waals surface area (Å²) in [7, 11) is 0. The van der Waals surface area contributed by atoms with Crippen LogP contribution in [0.2, 0.25) is 0 Å². The van der Waals surface area contributed by atoms with Crippen molar-refractivity contribution in [2.24, 2.45) is 17.8 Å². The minimum Gasteiger partial charge on any atom is -0.394 e. The second-order valence-electron chi connectivity index (χ2n) is 6.50. The third-order valence-corrected chi connectivity index (χ3v) is 5.54. The first kappa shape index (κ1) is 12.9. The number of fused-ring (bicyclic) bond motifs is 1. The molecule has 3 rings (SSSR count). The average Bonchev–Trinajstić information content (AvgIpc) is 2.79. The molecule has 2 saturated carbocycles. The van der Waals surface area contributed by atoms with Gasteiger partial charge < -0.3 is 14.9 Å².